The first-order chi connectivity index (χ1) is 6.12. The van der Waals surface area contributed by atoms with E-state index in [1.54, 1.807) is 0 Å². The van der Waals surface area contributed by atoms with Crippen LogP contribution in [0, 0.1) is 0 Å². The standard InChI is InChI=1S/C10H13BrO2/c1-2-10(13,7-12)8-3-5-9(11)6-4-8/h3-6,12-13H,2,7H2,1H3. The normalized spacial score (nSPS) is 15.4. The molecular weight excluding hydrogens is 232 g/mol. The summed E-state index contributed by atoms with van der Waals surface area (Å²) in [5.41, 5.74) is -0.346. The van der Waals surface area contributed by atoms with Crippen molar-refractivity contribution in [2.45, 2.75) is 18.9 Å². The van der Waals surface area contributed by atoms with Gasteiger partial charge in [0.15, 0.2) is 0 Å². The van der Waals surface area contributed by atoms with Crippen LogP contribution in [-0.2, 0) is 5.60 Å². The average Bonchev–Trinajstić information content (AvgIpc) is 2.18. The minimum absolute atomic E-state index is 0.245. The maximum atomic E-state index is 9.93. The van der Waals surface area contributed by atoms with Crippen LogP contribution in [0.1, 0.15) is 18.9 Å². The average molecular weight is 245 g/mol. The molecule has 0 spiro atoms. The van der Waals surface area contributed by atoms with E-state index in [0.717, 1.165) is 10.0 Å². The van der Waals surface area contributed by atoms with Crippen molar-refractivity contribution in [1.82, 2.24) is 0 Å². The Kier molecular flexibility index (Phi) is 3.47. The number of rotatable bonds is 3. The number of aliphatic hydroxyl groups is 2. The molecule has 1 rings (SSSR count). The molecule has 13 heavy (non-hydrogen) atoms. The van der Waals surface area contributed by atoms with E-state index >= 15 is 0 Å². The zero-order chi connectivity index (χ0) is 9.90. The van der Waals surface area contributed by atoms with E-state index in [1.807, 2.05) is 31.2 Å². The summed E-state index contributed by atoms with van der Waals surface area (Å²) in [6.45, 7) is 1.60. The van der Waals surface area contributed by atoms with Crippen LogP contribution in [0.3, 0.4) is 0 Å². The maximum absolute atomic E-state index is 9.93. The Bertz CT molecular complexity index is 265. The lowest BCUT2D eigenvalue weighted by Crippen LogP contribution is -2.28. The van der Waals surface area contributed by atoms with E-state index in [0.29, 0.717) is 6.42 Å². The quantitative estimate of drug-likeness (QED) is 0.855. The van der Waals surface area contributed by atoms with Crippen LogP contribution in [-0.4, -0.2) is 16.8 Å². The molecule has 0 fully saturated rings. The highest BCUT2D eigenvalue weighted by Crippen LogP contribution is 2.25. The topological polar surface area (TPSA) is 40.5 Å². The molecule has 1 atom stereocenters. The van der Waals surface area contributed by atoms with Gasteiger partial charge in [0.1, 0.15) is 5.60 Å². The van der Waals surface area contributed by atoms with Gasteiger partial charge < -0.3 is 10.2 Å². The Labute approximate surface area is 86.3 Å². The van der Waals surface area contributed by atoms with Gasteiger partial charge in [0.05, 0.1) is 6.61 Å². The summed E-state index contributed by atoms with van der Waals surface area (Å²) in [7, 11) is 0. The largest absolute Gasteiger partial charge is 0.393 e. The highest BCUT2D eigenvalue weighted by molar-refractivity contribution is 9.10. The first-order valence-corrected chi connectivity index (χ1v) is 5.01. The van der Waals surface area contributed by atoms with E-state index in [4.69, 9.17) is 5.11 Å². The molecule has 1 aromatic carbocycles. The molecule has 2 N–H and O–H groups in total. The second-order valence-corrected chi connectivity index (χ2v) is 3.97. The molecule has 0 saturated carbocycles. The van der Waals surface area contributed by atoms with Crippen molar-refractivity contribution in [3.05, 3.63) is 34.3 Å². The molecule has 0 bridgehead atoms. The van der Waals surface area contributed by atoms with Crippen LogP contribution in [0.15, 0.2) is 28.7 Å². The fourth-order valence-electron chi connectivity index (χ4n) is 1.17. The molecule has 3 heteroatoms. The van der Waals surface area contributed by atoms with Gasteiger partial charge in [-0.2, -0.15) is 0 Å². The van der Waals surface area contributed by atoms with E-state index in [-0.39, 0.29) is 6.61 Å². The smallest absolute Gasteiger partial charge is 0.112 e. The van der Waals surface area contributed by atoms with E-state index in [1.165, 1.54) is 0 Å². The highest BCUT2D eigenvalue weighted by Gasteiger charge is 2.25. The van der Waals surface area contributed by atoms with Crippen molar-refractivity contribution in [3.63, 3.8) is 0 Å². The zero-order valence-electron chi connectivity index (χ0n) is 7.50. The molecule has 2 nitrogen and oxygen atoms in total. The SMILES string of the molecule is CCC(O)(CO)c1ccc(Br)cc1. The van der Waals surface area contributed by atoms with Crippen LogP contribution in [0.2, 0.25) is 0 Å². The Morgan fingerprint density at radius 2 is 1.85 bits per heavy atom. The summed E-state index contributed by atoms with van der Waals surface area (Å²) in [5, 5.41) is 19.0. The Balaban J connectivity index is 2.99. The van der Waals surface area contributed by atoms with Crippen LogP contribution in [0.25, 0.3) is 0 Å². The van der Waals surface area contributed by atoms with Crippen LogP contribution < -0.4 is 0 Å². The number of benzene rings is 1. The van der Waals surface area contributed by atoms with Gasteiger partial charge in [-0.05, 0) is 24.1 Å². The lowest BCUT2D eigenvalue weighted by Gasteiger charge is -2.24. The Hall–Kier alpha value is -0.380. The summed E-state index contributed by atoms with van der Waals surface area (Å²) in [6, 6.07) is 7.32. The lowest BCUT2D eigenvalue weighted by molar-refractivity contribution is -0.0222. The lowest BCUT2D eigenvalue weighted by atomic mass is 9.92. The van der Waals surface area contributed by atoms with Gasteiger partial charge in [0.2, 0.25) is 0 Å². The minimum Gasteiger partial charge on any atom is -0.393 e. The third kappa shape index (κ3) is 2.30. The highest BCUT2D eigenvalue weighted by atomic mass is 79.9. The first kappa shape index (κ1) is 10.7. The van der Waals surface area contributed by atoms with E-state index in [2.05, 4.69) is 15.9 Å². The van der Waals surface area contributed by atoms with Gasteiger partial charge in [-0.25, -0.2) is 0 Å². The minimum atomic E-state index is -1.10. The van der Waals surface area contributed by atoms with E-state index in [9.17, 15) is 5.11 Å². The van der Waals surface area contributed by atoms with Crippen molar-refractivity contribution in [3.8, 4) is 0 Å². The molecule has 0 aliphatic carbocycles. The van der Waals surface area contributed by atoms with Crippen molar-refractivity contribution >= 4 is 15.9 Å². The fraction of sp³-hybridized carbons (Fsp3) is 0.400. The van der Waals surface area contributed by atoms with Gasteiger partial charge in [-0.3, -0.25) is 0 Å². The molecular formula is C10H13BrO2. The third-order valence-corrected chi connectivity index (χ3v) is 2.76. The first-order valence-electron chi connectivity index (χ1n) is 4.21. The number of hydrogen-bond acceptors (Lipinski definition) is 2. The Morgan fingerprint density at radius 3 is 2.23 bits per heavy atom. The predicted molar refractivity (Wildman–Crippen MR) is 55.4 cm³/mol. The van der Waals surface area contributed by atoms with Gasteiger partial charge in [0.25, 0.3) is 0 Å². The zero-order valence-corrected chi connectivity index (χ0v) is 9.08. The van der Waals surface area contributed by atoms with Crippen LogP contribution >= 0.6 is 15.9 Å². The van der Waals surface area contributed by atoms with Crippen molar-refractivity contribution in [2.75, 3.05) is 6.61 Å². The summed E-state index contributed by atoms with van der Waals surface area (Å²) < 4.78 is 0.965. The second kappa shape index (κ2) is 4.22. The van der Waals surface area contributed by atoms with Gasteiger partial charge in [-0.15, -0.1) is 0 Å². The maximum Gasteiger partial charge on any atom is 0.112 e. The summed E-state index contributed by atoms with van der Waals surface area (Å²) in [6.07, 6.45) is 0.505. The van der Waals surface area contributed by atoms with Crippen molar-refractivity contribution in [2.24, 2.45) is 0 Å². The van der Waals surface area contributed by atoms with E-state index < -0.39 is 5.60 Å². The molecule has 0 aromatic heterocycles. The summed E-state index contributed by atoms with van der Waals surface area (Å²) >= 11 is 3.31. The molecule has 72 valence electrons. The van der Waals surface area contributed by atoms with Crippen molar-refractivity contribution < 1.29 is 10.2 Å². The predicted octanol–water partition coefficient (Wildman–Crippen LogP) is 2.04. The van der Waals surface area contributed by atoms with Gasteiger partial charge in [-0.1, -0.05) is 35.0 Å². The summed E-state index contributed by atoms with van der Waals surface area (Å²) in [4.78, 5) is 0. The Morgan fingerprint density at radius 1 is 1.31 bits per heavy atom. The molecule has 1 unspecified atom stereocenters. The third-order valence-electron chi connectivity index (χ3n) is 2.23. The van der Waals surface area contributed by atoms with Gasteiger partial charge >= 0.3 is 0 Å². The van der Waals surface area contributed by atoms with Crippen LogP contribution in [0.4, 0.5) is 0 Å². The second-order valence-electron chi connectivity index (χ2n) is 3.05. The molecule has 0 aliphatic heterocycles. The molecule has 0 amide bonds. The van der Waals surface area contributed by atoms with Crippen molar-refractivity contribution in [1.29, 1.82) is 0 Å². The fourth-order valence-corrected chi connectivity index (χ4v) is 1.43. The molecule has 0 radical (unpaired) electrons. The number of hydrogen-bond donors (Lipinski definition) is 2. The molecule has 1 aromatic rings. The number of halogens is 1. The van der Waals surface area contributed by atoms with Crippen LogP contribution in [0.5, 0.6) is 0 Å². The molecule has 0 heterocycles. The monoisotopic (exact) mass is 244 g/mol. The summed E-state index contributed by atoms with van der Waals surface area (Å²) in [5.74, 6) is 0. The number of aliphatic hydroxyl groups excluding tert-OH is 1. The van der Waals surface area contributed by atoms with Gasteiger partial charge in [0, 0.05) is 4.47 Å². The molecule has 0 aliphatic rings. The molecule has 0 saturated heterocycles.